The number of carbonyl (C=O) groups excluding carboxylic acids is 2. The third-order valence-electron chi connectivity index (χ3n) is 3.34. The lowest BCUT2D eigenvalue weighted by molar-refractivity contribution is -0.883. The van der Waals surface area contributed by atoms with E-state index in [1.54, 1.807) is 12.1 Å². The van der Waals surface area contributed by atoms with E-state index in [0.29, 0.717) is 13.0 Å². The number of rotatable bonds is 4. The summed E-state index contributed by atoms with van der Waals surface area (Å²) in [6, 6.07) is 3.26. The van der Waals surface area contributed by atoms with Gasteiger partial charge in [0.15, 0.2) is 5.76 Å². The molecule has 0 spiro atoms. The second-order valence-electron chi connectivity index (χ2n) is 4.82. The van der Waals surface area contributed by atoms with Gasteiger partial charge in [-0.2, -0.15) is 0 Å². The number of likely N-dealkylation sites (N-methyl/N-ethyl adjacent to an activating group) is 1. The Morgan fingerprint density at radius 1 is 1.42 bits per heavy atom. The van der Waals surface area contributed by atoms with E-state index in [9.17, 15) is 9.59 Å². The molecule has 1 aromatic rings. The first-order valence-electron chi connectivity index (χ1n) is 6.57. The molecular formula is C13H20N3O3+. The monoisotopic (exact) mass is 266 g/mol. The van der Waals surface area contributed by atoms with Gasteiger partial charge in [-0.3, -0.25) is 9.59 Å². The van der Waals surface area contributed by atoms with Crippen molar-refractivity contribution in [2.45, 2.75) is 6.42 Å². The molecule has 2 rings (SSSR count). The van der Waals surface area contributed by atoms with Gasteiger partial charge in [0, 0.05) is 13.0 Å². The van der Waals surface area contributed by atoms with E-state index in [-0.39, 0.29) is 17.6 Å². The number of nitrogens with one attached hydrogen (secondary N) is 2. The maximum atomic E-state index is 11.9. The average Bonchev–Trinajstić information content (AvgIpc) is 2.93. The van der Waals surface area contributed by atoms with E-state index in [1.807, 2.05) is 4.90 Å². The third kappa shape index (κ3) is 3.82. The number of hydrogen-bond donors (Lipinski definition) is 2. The highest BCUT2D eigenvalue weighted by molar-refractivity contribution is 5.91. The highest BCUT2D eigenvalue weighted by Gasteiger charge is 2.21. The summed E-state index contributed by atoms with van der Waals surface area (Å²) in [4.78, 5) is 26.8. The van der Waals surface area contributed by atoms with Crippen LogP contribution < -0.4 is 10.2 Å². The molecule has 6 nitrogen and oxygen atoms in total. The molecule has 1 aliphatic heterocycles. The van der Waals surface area contributed by atoms with Crippen molar-refractivity contribution in [2.75, 3.05) is 39.8 Å². The Bertz CT molecular complexity index is 422. The Balaban J connectivity index is 1.68. The molecule has 0 aliphatic carbocycles. The summed E-state index contributed by atoms with van der Waals surface area (Å²) in [7, 11) is 2.13. The first-order chi connectivity index (χ1) is 9.16. The van der Waals surface area contributed by atoms with Crippen LogP contribution in [0.5, 0.6) is 0 Å². The second kappa shape index (κ2) is 6.38. The first-order valence-corrected chi connectivity index (χ1v) is 6.57. The number of furan rings is 1. The molecule has 2 amide bonds. The molecule has 0 radical (unpaired) electrons. The van der Waals surface area contributed by atoms with Crippen LogP contribution in [0.15, 0.2) is 22.8 Å². The average molecular weight is 266 g/mol. The molecule has 6 heteroatoms. The summed E-state index contributed by atoms with van der Waals surface area (Å²) in [5, 5.41) is 2.68. The molecule has 0 bridgehead atoms. The summed E-state index contributed by atoms with van der Waals surface area (Å²) in [6.07, 6.45) is 1.79. The lowest BCUT2D eigenvalue weighted by Crippen LogP contribution is -3.12. The van der Waals surface area contributed by atoms with Crippen LogP contribution in [0.1, 0.15) is 17.0 Å². The van der Waals surface area contributed by atoms with Crippen molar-refractivity contribution in [1.82, 2.24) is 10.2 Å². The normalized spacial score (nSPS) is 16.4. The van der Waals surface area contributed by atoms with Crippen LogP contribution in [0.25, 0.3) is 0 Å². The van der Waals surface area contributed by atoms with Gasteiger partial charge in [0.25, 0.3) is 5.91 Å². The fourth-order valence-electron chi connectivity index (χ4n) is 2.07. The van der Waals surface area contributed by atoms with Crippen molar-refractivity contribution in [3.63, 3.8) is 0 Å². The smallest absolute Gasteiger partial charge is 0.286 e. The largest absolute Gasteiger partial charge is 0.459 e. The lowest BCUT2D eigenvalue weighted by atomic mass is 10.3. The molecule has 0 unspecified atom stereocenters. The molecule has 104 valence electrons. The first kappa shape index (κ1) is 13.6. The van der Waals surface area contributed by atoms with Gasteiger partial charge in [0.05, 0.1) is 39.5 Å². The molecule has 0 aromatic carbocycles. The van der Waals surface area contributed by atoms with Crippen LogP contribution in [-0.4, -0.2) is 56.5 Å². The maximum Gasteiger partial charge on any atom is 0.286 e. The lowest BCUT2D eigenvalue weighted by Gasteiger charge is -2.30. The highest BCUT2D eigenvalue weighted by Crippen LogP contribution is 1.99. The molecule has 0 saturated carbocycles. The van der Waals surface area contributed by atoms with Gasteiger partial charge in [-0.05, 0) is 12.1 Å². The van der Waals surface area contributed by atoms with E-state index >= 15 is 0 Å². The van der Waals surface area contributed by atoms with Crippen molar-refractivity contribution in [2.24, 2.45) is 0 Å². The fraction of sp³-hybridized carbons (Fsp3) is 0.538. The predicted octanol–water partition coefficient (Wildman–Crippen LogP) is -1.24. The zero-order valence-corrected chi connectivity index (χ0v) is 11.1. The van der Waals surface area contributed by atoms with Crippen molar-refractivity contribution in [1.29, 1.82) is 0 Å². The third-order valence-corrected chi connectivity index (χ3v) is 3.34. The summed E-state index contributed by atoms with van der Waals surface area (Å²) >= 11 is 0. The maximum absolute atomic E-state index is 11.9. The van der Waals surface area contributed by atoms with Crippen molar-refractivity contribution in [3.05, 3.63) is 24.2 Å². The second-order valence-corrected chi connectivity index (χ2v) is 4.82. The predicted molar refractivity (Wildman–Crippen MR) is 68.9 cm³/mol. The van der Waals surface area contributed by atoms with Crippen LogP contribution in [0, 0.1) is 0 Å². The van der Waals surface area contributed by atoms with E-state index < -0.39 is 0 Å². The Morgan fingerprint density at radius 3 is 2.79 bits per heavy atom. The Labute approximate surface area is 112 Å². The Morgan fingerprint density at radius 2 is 2.16 bits per heavy atom. The number of carbonyl (C=O) groups is 2. The highest BCUT2D eigenvalue weighted by atomic mass is 16.3. The molecule has 1 saturated heterocycles. The SMILES string of the molecule is C[NH+]1CCN(C(=O)CCNC(=O)c2ccco2)CC1. The Kier molecular flexibility index (Phi) is 4.57. The zero-order valence-electron chi connectivity index (χ0n) is 11.1. The van der Waals surface area contributed by atoms with Gasteiger partial charge in [0.2, 0.25) is 5.91 Å². The quantitative estimate of drug-likeness (QED) is 0.716. The van der Waals surface area contributed by atoms with Crippen LogP contribution in [0.2, 0.25) is 0 Å². The van der Waals surface area contributed by atoms with Gasteiger partial charge in [0.1, 0.15) is 0 Å². The van der Waals surface area contributed by atoms with Crippen molar-refractivity contribution in [3.8, 4) is 0 Å². The van der Waals surface area contributed by atoms with Crippen LogP contribution in [0.4, 0.5) is 0 Å². The number of nitrogens with zero attached hydrogens (tertiary/aromatic N) is 1. The molecule has 1 aromatic heterocycles. The van der Waals surface area contributed by atoms with Crippen molar-refractivity contribution < 1.29 is 18.9 Å². The minimum absolute atomic E-state index is 0.104. The van der Waals surface area contributed by atoms with E-state index in [1.165, 1.54) is 11.2 Å². The summed E-state index contributed by atoms with van der Waals surface area (Å²) < 4.78 is 4.97. The molecule has 1 aliphatic rings. The standard InChI is InChI=1S/C13H19N3O3/c1-15-6-8-16(9-7-15)12(17)4-5-14-13(18)11-3-2-10-19-11/h2-3,10H,4-9H2,1H3,(H,14,18)/p+1. The van der Waals surface area contributed by atoms with Gasteiger partial charge in [-0.1, -0.05) is 0 Å². The molecule has 19 heavy (non-hydrogen) atoms. The van der Waals surface area contributed by atoms with Crippen molar-refractivity contribution >= 4 is 11.8 Å². The van der Waals surface area contributed by atoms with Gasteiger partial charge >= 0.3 is 0 Å². The van der Waals surface area contributed by atoms with Crippen LogP contribution in [0.3, 0.4) is 0 Å². The molecule has 2 heterocycles. The minimum Gasteiger partial charge on any atom is -0.459 e. The molecule has 0 atom stereocenters. The summed E-state index contributed by atoms with van der Waals surface area (Å²) in [5.41, 5.74) is 0. The molecule has 2 N–H and O–H groups in total. The van der Waals surface area contributed by atoms with E-state index in [4.69, 9.17) is 4.42 Å². The minimum atomic E-state index is -0.277. The number of hydrogen-bond acceptors (Lipinski definition) is 3. The van der Waals surface area contributed by atoms with E-state index in [0.717, 1.165) is 26.2 Å². The van der Waals surface area contributed by atoms with E-state index in [2.05, 4.69) is 12.4 Å². The van der Waals surface area contributed by atoms with Crippen LogP contribution in [-0.2, 0) is 4.79 Å². The number of amides is 2. The number of piperazine rings is 1. The molecule has 1 fully saturated rings. The van der Waals surface area contributed by atoms with Gasteiger partial charge in [-0.15, -0.1) is 0 Å². The summed E-state index contributed by atoms with van der Waals surface area (Å²) in [5.74, 6) is 0.100. The van der Waals surface area contributed by atoms with Gasteiger partial charge < -0.3 is 19.5 Å². The molecular weight excluding hydrogens is 246 g/mol. The Hall–Kier alpha value is -1.82. The number of quaternary nitrogens is 1. The van der Waals surface area contributed by atoms with Crippen LogP contribution >= 0.6 is 0 Å². The topological polar surface area (TPSA) is 67.0 Å². The zero-order chi connectivity index (χ0) is 13.7. The fourth-order valence-corrected chi connectivity index (χ4v) is 2.07. The van der Waals surface area contributed by atoms with Gasteiger partial charge in [-0.25, -0.2) is 0 Å². The summed E-state index contributed by atoms with van der Waals surface area (Å²) in [6.45, 7) is 3.93.